The van der Waals surface area contributed by atoms with E-state index in [0.29, 0.717) is 29.8 Å². The number of aliphatic hydroxyl groups is 1. The Morgan fingerprint density at radius 1 is 0.312 bits per heavy atom. The zero-order chi connectivity index (χ0) is 111. The molecule has 0 fully saturated rings. The number of hydrogen-bond acceptors (Lipinski definition) is 20. The number of amides is 3. The average Bonchev–Trinajstić information content (AvgIpc) is 0.943. The van der Waals surface area contributed by atoms with Crippen LogP contribution in [0.3, 0.4) is 0 Å². The number of alkyl carbamates (subject to hydrolysis) is 3. The Hall–Kier alpha value is -13.0. The van der Waals surface area contributed by atoms with Gasteiger partial charge in [-0.25, -0.2) is 28.8 Å². The Kier molecular flexibility index (Phi) is 69.7. The summed E-state index contributed by atoms with van der Waals surface area (Å²) < 4.78 is 330. The third-order valence-electron chi connectivity index (χ3n) is 16.6. The van der Waals surface area contributed by atoms with Crippen LogP contribution in [0.1, 0.15) is 149 Å². The van der Waals surface area contributed by atoms with Gasteiger partial charge >= 0.3 is 110 Å². The summed E-state index contributed by atoms with van der Waals surface area (Å²) in [6, 6.07) is 46.0. The molecule has 144 heavy (non-hydrogen) atoms. The van der Waals surface area contributed by atoms with Gasteiger partial charge in [-0.15, -0.1) is 0 Å². The summed E-state index contributed by atoms with van der Waals surface area (Å²) in [6.45, 7) is 0.585. The minimum atomic E-state index is -4.48. The smallest absolute Gasteiger partial charge is 0.408 e. The van der Waals surface area contributed by atoms with Crippen molar-refractivity contribution < 1.29 is 216 Å². The molecule has 7 atom stereocenters. The molecule has 0 saturated heterocycles. The lowest BCUT2D eigenvalue weighted by molar-refractivity contribution is -0.147. The fourth-order valence-electron chi connectivity index (χ4n) is 9.23. The number of alkyl halides is 27. The van der Waals surface area contributed by atoms with E-state index in [0.717, 1.165) is 11.1 Å². The molecule has 0 heterocycles. The Labute approximate surface area is 804 Å². The van der Waals surface area contributed by atoms with Gasteiger partial charge in [0.1, 0.15) is 62.4 Å². The highest BCUT2D eigenvalue weighted by Crippen LogP contribution is 2.29. The van der Waals surface area contributed by atoms with E-state index in [1.807, 2.05) is 88.7 Å². The zero-order valence-electron chi connectivity index (χ0n) is 75.4. The van der Waals surface area contributed by atoms with Crippen molar-refractivity contribution in [3.8, 4) is 6.07 Å². The maximum atomic E-state index is 12.0. The molecule has 812 valence electrons. The van der Waals surface area contributed by atoms with Crippen molar-refractivity contribution in [1.82, 2.24) is 26.6 Å². The van der Waals surface area contributed by atoms with Gasteiger partial charge in [0, 0.05) is 84.0 Å². The molecule has 6 aromatic carbocycles. The predicted molar refractivity (Wildman–Crippen MR) is 457 cm³/mol. The fourth-order valence-corrected chi connectivity index (χ4v) is 9.23. The number of nitrogens with one attached hydrogen (secondary N) is 5. The topological polar surface area (TPSA) is 502 Å². The highest BCUT2D eigenvalue weighted by molar-refractivity contribution is 5.81. The van der Waals surface area contributed by atoms with Crippen molar-refractivity contribution in [2.24, 2.45) is 17.2 Å². The van der Waals surface area contributed by atoms with E-state index >= 15 is 0 Å². The number of carbonyl (C=O) groups excluding carboxylic acids is 4. The van der Waals surface area contributed by atoms with Crippen LogP contribution >= 0.6 is 0 Å². The number of carbonyl (C=O) groups is 10. The molecule has 0 bridgehead atoms. The van der Waals surface area contributed by atoms with Gasteiger partial charge in [-0.05, 0) is 84.7 Å². The number of rotatable bonds is 40. The van der Waals surface area contributed by atoms with E-state index in [1.54, 1.807) is 115 Å². The summed E-state index contributed by atoms with van der Waals surface area (Å²) in [5.41, 5.74) is 20.0. The normalized spacial score (nSPS) is 12.7. The third kappa shape index (κ3) is 91.5. The number of hydrogen-bond donors (Lipinski definition) is 15. The van der Waals surface area contributed by atoms with Crippen molar-refractivity contribution in [2.75, 3.05) is 6.61 Å². The lowest BCUT2D eigenvalue weighted by Gasteiger charge is -2.15. The Bertz CT molecular complexity index is 4290. The number of aliphatic carboxylic acids is 6. The molecule has 0 aliphatic rings. The second kappa shape index (κ2) is 73.1. The maximum Gasteiger partial charge on any atom is 0.408 e. The second-order valence-corrected chi connectivity index (χ2v) is 29.0. The van der Waals surface area contributed by atoms with E-state index in [9.17, 15) is 166 Å². The first-order valence-corrected chi connectivity index (χ1v) is 41.6. The van der Waals surface area contributed by atoms with Crippen molar-refractivity contribution in [2.45, 2.75) is 253 Å². The maximum absolute atomic E-state index is 12.0. The molecule has 3 amide bonds. The molecule has 6 rings (SSSR count). The summed E-state index contributed by atoms with van der Waals surface area (Å²) in [4.78, 5) is 107. The molecule has 0 spiro atoms. The third-order valence-corrected chi connectivity index (χ3v) is 16.6. The van der Waals surface area contributed by atoms with Crippen LogP contribution in [0.4, 0.5) is 133 Å². The number of aliphatic hydroxyl groups excluding tert-OH is 1. The largest absolute Gasteiger partial charge is 0.480 e. The van der Waals surface area contributed by atoms with E-state index in [-0.39, 0.29) is 52.1 Å². The van der Waals surface area contributed by atoms with Crippen molar-refractivity contribution in [3.05, 3.63) is 215 Å². The van der Waals surface area contributed by atoms with Crippen molar-refractivity contribution >= 4 is 60.4 Å². The Balaban J connectivity index is -0.000000771. The molecule has 6 aromatic rings. The molecule has 0 aliphatic carbocycles. The van der Waals surface area contributed by atoms with Crippen LogP contribution in [-0.2, 0) is 87.2 Å². The van der Waals surface area contributed by atoms with Gasteiger partial charge in [0.05, 0.1) is 18.5 Å². The molecule has 3 unspecified atom stereocenters. The highest BCUT2D eigenvalue weighted by Gasteiger charge is 2.37. The summed E-state index contributed by atoms with van der Waals surface area (Å²) in [5.74, 6) is -8.72. The van der Waals surface area contributed by atoms with Crippen LogP contribution < -0.4 is 43.8 Å². The first-order chi connectivity index (χ1) is 66.4. The average molecular weight is 2120 g/mol. The summed E-state index contributed by atoms with van der Waals surface area (Å²) in [5, 5.41) is 79.0. The first-order valence-electron chi connectivity index (χ1n) is 41.6. The number of halogens is 27. The molecule has 29 nitrogen and oxygen atoms in total. The van der Waals surface area contributed by atoms with Crippen LogP contribution in [-0.4, -0.2) is 201 Å². The highest BCUT2D eigenvalue weighted by atomic mass is 19.4. The van der Waals surface area contributed by atoms with E-state index in [2.05, 4.69) is 10.6 Å². The van der Waals surface area contributed by atoms with Crippen molar-refractivity contribution in [3.63, 3.8) is 0 Å². The minimum absolute atomic E-state index is 0.0989. The van der Waals surface area contributed by atoms with Gasteiger partial charge in [0.2, 0.25) is 0 Å². The lowest BCUT2D eigenvalue weighted by Crippen LogP contribution is -2.41. The minimum Gasteiger partial charge on any atom is -0.480 e. The Morgan fingerprint density at radius 3 is 0.729 bits per heavy atom. The zero-order valence-corrected chi connectivity index (χ0v) is 75.4. The summed E-state index contributed by atoms with van der Waals surface area (Å²) in [6.07, 6.45) is -56.7. The second-order valence-electron chi connectivity index (χ2n) is 29.0. The Morgan fingerprint density at radius 2 is 0.535 bits per heavy atom. The van der Waals surface area contributed by atoms with Crippen LogP contribution in [0.25, 0.3) is 0 Å². The molecule has 0 radical (unpaired) electrons. The monoisotopic (exact) mass is 2120 g/mol. The molecule has 0 saturated carbocycles. The number of carboxylic acid groups (broad SMARTS) is 6. The SMILES string of the molecule is N#CC(CCC(F)(F)F)NCc1ccccc1.NC(CCC(F)(F)F)C(=O)O.NCc1ccccc1.N[C@@H](CCC(F)(F)F)C(=O)O.O=C(N[C@@H](CCC(F)(F)F)C(=O)O)OCc1ccccc1.O=C(N[C@@H](CCC(F)(F)F)C(=O)O)OCc1ccccc1.O=C(N[C@H](CCC(F)(F)F)C(=O)O)OCc1ccccc1.O=C(O)C(CCC(F)(F)F)NCc1ccccc1.O=CCCC(F)(F)F.OCCCC(F)(F)F. The first kappa shape index (κ1) is 137. The molecule has 18 N–H and O–H groups in total. The molecule has 0 aliphatic heterocycles. The van der Waals surface area contributed by atoms with Crippen molar-refractivity contribution in [1.29, 1.82) is 5.26 Å². The molecule has 0 aromatic heterocycles. The van der Waals surface area contributed by atoms with Gasteiger partial charge < -0.3 is 93.2 Å². The van der Waals surface area contributed by atoms with E-state index in [1.165, 1.54) is 5.56 Å². The number of nitrogens with two attached hydrogens (primary N) is 3. The number of carboxylic acids is 6. The van der Waals surface area contributed by atoms with E-state index in [4.69, 9.17) is 72.4 Å². The molecular formula is C88H106F27N9O20. The van der Waals surface area contributed by atoms with E-state index < -0.39 is 255 Å². The lowest BCUT2D eigenvalue weighted by atomic mass is 10.1. The van der Waals surface area contributed by atoms with Gasteiger partial charge in [-0.2, -0.15) is 124 Å². The number of nitriles is 1. The van der Waals surface area contributed by atoms with Crippen LogP contribution in [0.5, 0.6) is 0 Å². The van der Waals surface area contributed by atoms with Crippen LogP contribution in [0.2, 0.25) is 0 Å². The predicted octanol–water partition coefficient (Wildman–Crippen LogP) is 19.2. The standard InChI is InChI=1S/3C13H14F3NO4.C12H13F3N2.C12H14F3NO2.C7H9N.2C5H8F3NO2.C4H7F3O.C4H5F3O/c3*14-13(15,16)7-6-10(11(18)19)17-12(20)21-8-9-4-2-1-3-5-9;13-12(14,15)7-6-11(8-16)17-9-10-4-2-1-3-5-10;13-12(14,15)7-6-10(11(17)18)16-8-9-4-2-1-3-5-9;8-6-7-4-2-1-3-5-7;2*6-5(7,8)2-1-3(9)4(10)11;2*5-4(6,7)2-1-3-8/h3*1-5,10H,6-8H2,(H,17,20)(H,18,19);1-5,11,17H,6-7,9H2;1-5,10,16H,6-8H2,(H,17,18);1-5H,6,8H2;2*3H,1-2,9H2,(H,10,11);8H,1-3H2;3H,1-2H2/t3*10-;;;;3-;;;/m100...0.../s1. The molecule has 56 heteroatoms. The van der Waals surface area contributed by atoms with Gasteiger partial charge in [0.25, 0.3) is 0 Å². The number of benzene rings is 6. The van der Waals surface area contributed by atoms with Crippen LogP contribution in [0.15, 0.2) is 182 Å². The van der Waals surface area contributed by atoms with Gasteiger partial charge in [0.15, 0.2) is 0 Å². The van der Waals surface area contributed by atoms with Gasteiger partial charge in [-0.3, -0.25) is 19.7 Å². The number of ether oxygens (including phenoxy) is 3. The van der Waals surface area contributed by atoms with Crippen LogP contribution in [0, 0.1) is 11.3 Å². The van der Waals surface area contributed by atoms with Gasteiger partial charge in [-0.1, -0.05) is 182 Å². The quantitative estimate of drug-likeness (QED) is 0.00965. The fraction of sp³-hybridized carbons (Fsp3) is 0.466. The summed E-state index contributed by atoms with van der Waals surface area (Å²) in [7, 11) is 0. The number of nitrogens with zero attached hydrogens (tertiary/aromatic N) is 1. The number of aldehydes is 1. The summed E-state index contributed by atoms with van der Waals surface area (Å²) >= 11 is 0. The molecular weight excluding hydrogens is 2020 g/mol.